The van der Waals surface area contributed by atoms with E-state index in [0.717, 1.165) is 31.2 Å². The van der Waals surface area contributed by atoms with Crippen LogP contribution in [0.5, 0.6) is 0 Å². The Hall–Kier alpha value is -2.90. The molecule has 1 aromatic rings. The van der Waals surface area contributed by atoms with Gasteiger partial charge in [0.1, 0.15) is 6.54 Å². The van der Waals surface area contributed by atoms with Crippen molar-refractivity contribution in [2.45, 2.75) is 64.8 Å². The Labute approximate surface area is 183 Å². The molecule has 2 atom stereocenters. The Morgan fingerprint density at radius 1 is 1.03 bits per heavy atom. The van der Waals surface area contributed by atoms with E-state index in [4.69, 9.17) is 4.74 Å². The van der Waals surface area contributed by atoms with Crippen molar-refractivity contribution in [2.24, 2.45) is 5.92 Å². The highest BCUT2D eigenvalue weighted by atomic mass is 16.5. The zero-order valence-corrected chi connectivity index (χ0v) is 18.7. The molecule has 31 heavy (non-hydrogen) atoms. The largest absolute Gasteiger partial charge is 0.454 e. The molecule has 0 aromatic heterocycles. The summed E-state index contributed by atoms with van der Waals surface area (Å²) in [5.74, 6) is -1.54. The number of benzene rings is 1. The highest BCUT2D eigenvalue weighted by Crippen LogP contribution is 2.23. The molecule has 0 aliphatic heterocycles. The topological polar surface area (TPSA) is 114 Å². The van der Waals surface area contributed by atoms with Crippen molar-refractivity contribution in [3.05, 3.63) is 35.4 Å². The van der Waals surface area contributed by atoms with Crippen molar-refractivity contribution in [3.63, 3.8) is 0 Å². The summed E-state index contributed by atoms with van der Waals surface area (Å²) < 4.78 is 4.82. The van der Waals surface area contributed by atoms with E-state index >= 15 is 0 Å². The van der Waals surface area contributed by atoms with Gasteiger partial charge in [0.25, 0.3) is 11.8 Å². The predicted molar refractivity (Wildman–Crippen MR) is 117 cm³/mol. The first-order valence-electron chi connectivity index (χ1n) is 10.7. The summed E-state index contributed by atoms with van der Waals surface area (Å²) in [6, 6.07) is 6.58. The van der Waals surface area contributed by atoms with Gasteiger partial charge in [-0.05, 0) is 41.9 Å². The smallest absolute Gasteiger partial charge is 0.325 e. The van der Waals surface area contributed by atoms with Crippen molar-refractivity contribution in [1.82, 2.24) is 16.0 Å². The van der Waals surface area contributed by atoms with Crippen LogP contribution in [0.3, 0.4) is 0 Å². The molecular formula is C23H33N3O5. The van der Waals surface area contributed by atoms with Gasteiger partial charge in [0.2, 0.25) is 0 Å². The van der Waals surface area contributed by atoms with E-state index in [9.17, 15) is 19.2 Å². The Morgan fingerprint density at radius 3 is 2.29 bits per heavy atom. The monoisotopic (exact) mass is 431 g/mol. The molecule has 8 nitrogen and oxygen atoms in total. The molecule has 8 heteroatoms. The van der Waals surface area contributed by atoms with Gasteiger partial charge in [0, 0.05) is 11.6 Å². The zero-order chi connectivity index (χ0) is 23.0. The molecule has 170 valence electrons. The van der Waals surface area contributed by atoms with E-state index in [1.807, 2.05) is 12.1 Å². The highest BCUT2D eigenvalue weighted by molar-refractivity contribution is 5.97. The SMILES string of the molecule is C[C@H]1CCCC[C@@H]1NC(=O)NC(=O)COC(=O)CNC(=O)c1ccc(C(C)(C)C)cc1. The number of hydrogen-bond acceptors (Lipinski definition) is 5. The van der Waals surface area contributed by atoms with Crippen LogP contribution in [0.1, 0.15) is 69.3 Å². The molecule has 1 saturated carbocycles. The van der Waals surface area contributed by atoms with Gasteiger partial charge in [-0.3, -0.25) is 19.7 Å². The van der Waals surface area contributed by atoms with Gasteiger partial charge < -0.3 is 15.4 Å². The van der Waals surface area contributed by atoms with E-state index in [1.165, 1.54) is 0 Å². The van der Waals surface area contributed by atoms with Gasteiger partial charge in [-0.1, -0.05) is 52.7 Å². The molecule has 0 unspecified atom stereocenters. The lowest BCUT2D eigenvalue weighted by Crippen LogP contribution is -2.48. The lowest BCUT2D eigenvalue weighted by Gasteiger charge is -2.29. The Balaban J connectivity index is 1.68. The third-order valence-corrected chi connectivity index (χ3v) is 5.45. The third-order valence-electron chi connectivity index (χ3n) is 5.45. The number of hydrogen-bond donors (Lipinski definition) is 3. The van der Waals surface area contributed by atoms with Crippen LogP contribution in [-0.2, 0) is 19.7 Å². The maximum atomic E-state index is 12.2. The van der Waals surface area contributed by atoms with Crippen molar-refractivity contribution in [1.29, 1.82) is 0 Å². The van der Waals surface area contributed by atoms with Crippen molar-refractivity contribution in [2.75, 3.05) is 13.2 Å². The minimum absolute atomic E-state index is 0.0229. The molecule has 3 N–H and O–H groups in total. The second-order valence-corrected chi connectivity index (χ2v) is 9.06. The Kier molecular flexibility index (Phi) is 8.59. The quantitative estimate of drug-likeness (QED) is 0.599. The number of esters is 1. The predicted octanol–water partition coefficient (Wildman–Crippen LogP) is 2.66. The number of urea groups is 1. The number of rotatable bonds is 6. The summed E-state index contributed by atoms with van der Waals surface area (Å²) in [6.07, 6.45) is 4.13. The molecule has 1 fully saturated rings. The molecule has 0 radical (unpaired) electrons. The summed E-state index contributed by atoms with van der Waals surface area (Å²) in [7, 11) is 0. The lowest BCUT2D eigenvalue weighted by molar-refractivity contribution is -0.147. The van der Waals surface area contributed by atoms with E-state index in [1.54, 1.807) is 12.1 Å². The first-order chi connectivity index (χ1) is 14.6. The molecule has 0 saturated heterocycles. The Bertz CT molecular complexity index is 798. The zero-order valence-electron chi connectivity index (χ0n) is 18.7. The van der Waals surface area contributed by atoms with E-state index in [-0.39, 0.29) is 18.0 Å². The fourth-order valence-corrected chi connectivity index (χ4v) is 3.47. The van der Waals surface area contributed by atoms with Crippen LogP contribution in [0, 0.1) is 5.92 Å². The highest BCUT2D eigenvalue weighted by Gasteiger charge is 2.23. The summed E-state index contributed by atoms with van der Waals surface area (Å²) in [6.45, 7) is 7.33. The van der Waals surface area contributed by atoms with Crippen LogP contribution in [0.2, 0.25) is 0 Å². The standard InChI is InChI=1S/C23H33N3O5/c1-15-7-5-6-8-18(15)25-22(30)26-19(27)14-31-20(28)13-24-21(29)16-9-11-17(12-10-16)23(2,3)4/h9-12,15,18H,5-8,13-14H2,1-4H3,(H,24,29)(H2,25,26,27,30)/t15-,18-/m0/s1. The van der Waals surface area contributed by atoms with Gasteiger partial charge in [0.15, 0.2) is 6.61 Å². The van der Waals surface area contributed by atoms with Crippen LogP contribution < -0.4 is 16.0 Å². The number of ether oxygens (including phenoxy) is 1. The van der Waals surface area contributed by atoms with Crippen LogP contribution >= 0.6 is 0 Å². The van der Waals surface area contributed by atoms with Crippen molar-refractivity contribution >= 4 is 23.8 Å². The maximum absolute atomic E-state index is 12.2. The third kappa shape index (κ3) is 8.03. The number of amides is 4. The molecule has 0 spiro atoms. The fraction of sp³-hybridized carbons (Fsp3) is 0.565. The molecular weight excluding hydrogens is 398 g/mol. The summed E-state index contributed by atoms with van der Waals surface area (Å²) in [5, 5.41) is 7.40. The van der Waals surface area contributed by atoms with Crippen LogP contribution in [-0.4, -0.2) is 43.0 Å². The first kappa shape index (κ1) is 24.4. The molecule has 1 aliphatic rings. The molecule has 1 aromatic carbocycles. The minimum Gasteiger partial charge on any atom is -0.454 e. The van der Waals surface area contributed by atoms with E-state index in [0.29, 0.717) is 11.5 Å². The maximum Gasteiger partial charge on any atom is 0.325 e. The van der Waals surface area contributed by atoms with Gasteiger partial charge in [-0.2, -0.15) is 0 Å². The van der Waals surface area contributed by atoms with Crippen molar-refractivity contribution in [3.8, 4) is 0 Å². The van der Waals surface area contributed by atoms with Gasteiger partial charge in [-0.15, -0.1) is 0 Å². The van der Waals surface area contributed by atoms with Gasteiger partial charge in [0.05, 0.1) is 0 Å². The second kappa shape index (κ2) is 10.9. The summed E-state index contributed by atoms with van der Waals surface area (Å²) in [4.78, 5) is 47.7. The molecule has 4 amide bonds. The minimum atomic E-state index is -0.767. The fourth-order valence-electron chi connectivity index (χ4n) is 3.47. The number of nitrogens with one attached hydrogen (secondary N) is 3. The van der Waals surface area contributed by atoms with Gasteiger partial charge in [-0.25, -0.2) is 4.79 Å². The van der Waals surface area contributed by atoms with Crippen molar-refractivity contribution < 1.29 is 23.9 Å². The average molecular weight is 432 g/mol. The summed E-state index contributed by atoms with van der Waals surface area (Å²) in [5.41, 5.74) is 1.49. The second-order valence-electron chi connectivity index (χ2n) is 9.06. The molecule has 2 rings (SSSR count). The molecule has 0 heterocycles. The first-order valence-corrected chi connectivity index (χ1v) is 10.7. The van der Waals surface area contributed by atoms with E-state index < -0.39 is 30.4 Å². The molecule has 1 aliphatic carbocycles. The summed E-state index contributed by atoms with van der Waals surface area (Å²) >= 11 is 0. The number of carbonyl (C=O) groups excluding carboxylic acids is 4. The Morgan fingerprint density at radius 2 is 1.68 bits per heavy atom. The number of imide groups is 1. The van der Waals surface area contributed by atoms with Crippen LogP contribution in [0.4, 0.5) is 4.79 Å². The average Bonchev–Trinajstić information content (AvgIpc) is 2.71. The van der Waals surface area contributed by atoms with Gasteiger partial charge >= 0.3 is 12.0 Å². The molecule has 0 bridgehead atoms. The van der Waals surface area contributed by atoms with E-state index in [2.05, 4.69) is 43.6 Å². The lowest BCUT2D eigenvalue weighted by atomic mass is 9.86. The number of carbonyl (C=O) groups is 4. The van der Waals surface area contributed by atoms with Crippen LogP contribution in [0.15, 0.2) is 24.3 Å². The van der Waals surface area contributed by atoms with Crippen LogP contribution in [0.25, 0.3) is 0 Å². The normalized spacial score (nSPS) is 18.6.